The molecule has 6 heteroatoms. The summed E-state index contributed by atoms with van der Waals surface area (Å²) in [5.74, 6) is -0.880. The van der Waals surface area contributed by atoms with E-state index in [1.54, 1.807) is 34.6 Å². The van der Waals surface area contributed by atoms with E-state index in [-0.39, 0.29) is 19.4 Å². The van der Waals surface area contributed by atoms with Gasteiger partial charge < -0.3 is 14.4 Å². The van der Waals surface area contributed by atoms with Gasteiger partial charge in [0.05, 0.1) is 7.11 Å². The number of carbonyl (C=O) groups excluding carboxylic acids is 2. The molecule has 1 fully saturated rings. The second kappa shape index (κ2) is 5.22. The van der Waals surface area contributed by atoms with E-state index in [1.807, 2.05) is 0 Å². The fraction of sp³-hybridized carbons (Fsp3) is 0.857. The normalized spacial score (nSPS) is 26.1. The van der Waals surface area contributed by atoms with Gasteiger partial charge in [-0.05, 0) is 34.6 Å². The molecule has 1 atom stereocenters. The third-order valence-corrected chi connectivity index (χ3v) is 3.34. The molecule has 0 aliphatic carbocycles. The van der Waals surface area contributed by atoms with Crippen LogP contribution in [0.3, 0.4) is 0 Å². The Kier molecular flexibility index (Phi) is 4.36. The first-order valence-electron chi connectivity index (χ1n) is 6.69. The summed E-state index contributed by atoms with van der Waals surface area (Å²) >= 11 is 0. The number of ether oxygens (including phenoxy) is 2. The summed E-state index contributed by atoms with van der Waals surface area (Å²) in [5, 5.41) is 0. The number of piperidine rings is 1. The predicted octanol–water partition coefficient (Wildman–Crippen LogP) is 2.68. The van der Waals surface area contributed by atoms with Crippen LogP contribution in [0, 0.1) is 0 Å². The van der Waals surface area contributed by atoms with Crippen molar-refractivity contribution in [2.75, 3.05) is 13.7 Å². The van der Waals surface area contributed by atoms with Gasteiger partial charge >= 0.3 is 12.1 Å². The number of hydrogen-bond donors (Lipinski definition) is 0. The highest BCUT2D eigenvalue weighted by Gasteiger charge is 2.52. The second-order valence-corrected chi connectivity index (χ2v) is 6.83. The fourth-order valence-electron chi connectivity index (χ4n) is 2.47. The lowest BCUT2D eigenvalue weighted by atomic mass is 9.80. The maximum Gasteiger partial charge on any atom is 0.410 e. The molecule has 5 nitrogen and oxygen atoms in total. The Bertz CT molecular complexity index is 402. The van der Waals surface area contributed by atoms with E-state index in [0.717, 1.165) is 7.11 Å². The fourth-order valence-corrected chi connectivity index (χ4v) is 2.47. The molecule has 1 saturated heterocycles. The number of halogens is 1. The number of nitrogens with zero attached hydrogens (tertiary/aromatic N) is 1. The Labute approximate surface area is 119 Å². The van der Waals surface area contributed by atoms with Crippen LogP contribution in [-0.4, -0.2) is 47.4 Å². The maximum absolute atomic E-state index is 14.6. The van der Waals surface area contributed by atoms with Crippen molar-refractivity contribution in [1.29, 1.82) is 0 Å². The smallest absolute Gasteiger partial charge is 0.410 e. The van der Waals surface area contributed by atoms with Crippen LogP contribution < -0.4 is 0 Å². The van der Waals surface area contributed by atoms with Crippen LogP contribution in [0.4, 0.5) is 9.18 Å². The molecule has 0 N–H and O–H groups in total. The lowest BCUT2D eigenvalue weighted by Gasteiger charge is -2.46. The van der Waals surface area contributed by atoms with E-state index >= 15 is 0 Å². The highest BCUT2D eigenvalue weighted by atomic mass is 19.1. The third kappa shape index (κ3) is 3.61. The van der Waals surface area contributed by atoms with Gasteiger partial charge in [-0.3, -0.25) is 0 Å². The van der Waals surface area contributed by atoms with Crippen LogP contribution in [-0.2, 0) is 14.3 Å². The molecule has 0 spiro atoms. The topological polar surface area (TPSA) is 55.8 Å². The molecule has 0 aromatic carbocycles. The first-order chi connectivity index (χ1) is 8.91. The number of esters is 1. The van der Waals surface area contributed by atoms with Crippen LogP contribution in [0.2, 0.25) is 0 Å². The number of carbonyl (C=O) groups is 2. The van der Waals surface area contributed by atoms with Gasteiger partial charge in [-0.25, -0.2) is 14.0 Å². The number of alkyl halides is 1. The molecule has 1 rings (SSSR count). The van der Waals surface area contributed by atoms with Crippen LogP contribution in [0.25, 0.3) is 0 Å². The van der Waals surface area contributed by atoms with Crippen LogP contribution in [0.15, 0.2) is 0 Å². The van der Waals surface area contributed by atoms with Crippen molar-refractivity contribution in [1.82, 2.24) is 4.90 Å². The Morgan fingerprint density at radius 2 is 1.80 bits per heavy atom. The average molecular weight is 289 g/mol. The van der Waals surface area contributed by atoms with E-state index in [2.05, 4.69) is 4.74 Å². The van der Waals surface area contributed by atoms with Crippen molar-refractivity contribution in [3.63, 3.8) is 0 Å². The SMILES string of the molecule is COC(=O)C1(F)CCN(C(=O)OC(C)(C)C)C(C)(C)C1. The molecule has 1 heterocycles. The minimum Gasteiger partial charge on any atom is -0.467 e. The average Bonchev–Trinajstić information content (AvgIpc) is 2.23. The Balaban J connectivity index is 2.86. The van der Waals surface area contributed by atoms with Gasteiger partial charge in [0.1, 0.15) is 5.60 Å². The molecular weight excluding hydrogens is 265 g/mol. The van der Waals surface area contributed by atoms with Crippen LogP contribution >= 0.6 is 0 Å². The van der Waals surface area contributed by atoms with Crippen molar-refractivity contribution in [2.45, 2.75) is 64.3 Å². The number of methoxy groups -OCH3 is 1. The first-order valence-corrected chi connectivity index (χ1v) is 6.69. The Morgan fingerprint density at radius 1 is 1.25 bits per heavy atom. The molecule has 0 saturated carbocycles. The number of rotatable bonds is 1. The minimum atomic E-state index is -2.04. The number of hydrogen-bond acceptors (Lipinski definition) is 4. The zero-order chi connectivity index (χ0) is 15.8. The Hall–Kier alpha value is -1.33. The predicted molar refractivity (Wildman–Crippen MR) is 72.1 cm³/mol. The lowest BCUT2D eigenvalue weighted by Crippen LogP contribution is -2.60. The zero-order valence-electron chi connectivity index (χ0n) is 13.1. The summed E-state index contributed by atoms with van der Waals surface area (Å²) in [6.07, 6.45) is -0.678. The molecule has 0 aromatic rings. The van der Waals surface area contributed by atoms with Crippen molar-refractivity contribution in [2.24, 2.45) is 0 Å². The number of amides is 1. The van der Waals surface area contributed by atoms with Gasteiger partial charge in [-0.1, -0.05) is 0 Å². The van der Waals surface area contributed by atoms with Crippen molar-refractivity contribution >= 4 is 12.1 Å². The highest BCUT2D eigenvalue weighted by molar-refractivity contribution is 5.80. The second-order valence-electron chi connectivity index (χ2n) is 6.83. The molecule has 1 aliphatic rings. The van der Waals surface area contributed by atoms with Gasteiger partial charge in [-0.15, -0.1) is 0 Å². The highest BCUT2D eigenvalue weighted by Crippen LogP contribution is 2.38. The van der Waals surface area contributed by atoms with Crippen LogP contribution in [0.5, 0.6) is 0 Å². The molecule has 1 unspecified atom stereocenters. The minimum absolute atomic E-state index is 0.0810. The van der Waals surface area contributed by atoms with Crippen molar-refractivity contribution < 1.29 is 23.5 Å². The monoisotopic (exact) mass is 289 g/mol. The molecule has 0 bridgehead atoms. The van der Waals surface area contributed by atoms with E-state index < -0.39 is 28.9 Å². The summed E-state index contributed by atoms with van der Waals surface area (Å²) in [6, 6.07) is 0. The zero-order valence-corrected chi connectivity index (χ0v) is 13.1. The number of likely N-dealkylation sites (tertiary alicyclic amines) is 1. The maximum atomic E-state index is 14.6. The molecular formula is C14H24FNO4. The van der Waals surface area contributed by atoms with E-state index in [9.17, 15) is 14.0 Å². The summed E-state index contributed by atoms with van der Waals surface area (Å²) in [6.45, 7) is 8.87. The molecule has 116 valence electrons. The van der Waals surface area contributed by atoms with Gasteiger partial charge in [0.2, 0.25) is 5.67 Å². The summed E-state index contributed by atoms with van der Waals surface area (Å²) in [4.78, 5) is 25.2. The van der Waals surface area contributed by atoms with E-state index in [0.29, 0.717) is 0 Å². The third-order valence-electron chi connectivity index (χ3n) is 3.34. The molecule has 20 heavy (non-hydrogen) atoms. The van der Waals surface area contributed by atoms with Crippen molar-refractivity contribution in [3.8, 4) is 0 Å². The lowest BCUT2D eigenvalue weighted by molar-refractivity contribution is -0.162. The molecule has 1 aliphatic heterocycles. The summed E-state index contributed by atoms with van der Waals surface area (Å²) in [5.41, 5.74) is -3.47. The standard InChI is InChI=1S/C14H24FNO4/c1-12(2,3)20-11(18)16-8-7-14(15,10(17)19-6)9-13(16,4)5/h7-9H2,1-6H3. The quantitative estimate of drug-likeness (QED) is 0.696. The first kappa shape index (κ1) is 16.7. The molecule has 1 amide bonds. The van der Waals surface area contributed by atoms with E-state index in [1.165, 1.54) is 4.90 Å². The molecule has 0 aromatic heterocycles. The van der Waals surface area contributed by atoms with Gasteiger partial charge in [-0.2, -0.15) is 0 Å². The van der Waals surface area contributed by atoms with Crippen LogP contribution in [0.1, 0.15) is 47.5 Å². The Morgan fingerprint density at radius 3 is 2.20 bits per heavy atom. The van der Waals surface area contributed by atoms with Gasteiger partial charge in [0, 0.05) is 24.9 Å². The van der Waals surface area contributed by atoms with Gasteiger partial charge in [0.15, 0.2) is 0 Å². The van der Waals surface area contributed by atoms with Gasteiger partial charge in [0.25, 0.3) is 0 Å². The molecule has 0 radical (unpaired) electrons. The largest absolute Gasteiger partial charge is 0.467 e. The van der Waals surface area contributed by atoms with E-state index in [4.69, 9.17) is 4.74 Å². The summed E-state index contributed by atoms with van der Waals surface area (Å²) < 4.78 is 24.4. The summed E-state index contributed by atoms with van der Waals surface area (Å²) in [7, 11) is 1.16. The van der Waals surface area contributed by atoms with Crippen molar-refractivity contribution in [3.05, 3.63) is 0 Å².